The Labute approximate surface area is 143 Å². The van der Waals surface area contributed by atoms with Crippen LogP contribution in [0.15, 0.2) is 52.0 Å². The van der Waals surface area contributed by atoms with E-state index in [4.69, 9.17) is 9.47 Å². The molecule has 0 saturated carbocycles. The minimum absolute atomic E-state index is 0.227. The molecule has 0 fully saturated rings. The molecule has 0 aliphatic heterocycles. The van der Waals surface area contributed by atoms with Crippen LogP contribution in [0.2, 0.25) is 0 Å². The molecule has 0 aliphatic carbocycles. The number of amides is 1. The van der Waals surface area contributed by atoms with Crippen molar-refractivity contribution < 1.29 is 14.3 Å². The number of halogens is 1. The van der Waals surface area contributed by atoms with Gasteiger partial charge in [0.2, 0.25) is 5.91 Å². The predicted octanol–water partition coefficient (Wildman–Crippen LogP) is 3.51. The summed E-state index contributed by atoms with van der Waals surface area (Å²) in [6, 6.07) is 13.5. The average Bonchev–Trinajstić information content (AvgIpc) is 2.54. The number of nitrogens with one attached hydrogen (secondary N) is 1. The maximum Gasteiger partial charge on any atom is 0.236 e. The van der Waals surface area contributed by atoms with Gasteiger partial charge in [0, 0.05) is 6.92 Å². The summed E-state index contributed by atoms with van der Waals surface area (Å²) in [5, 5.41) is 3.84. The molecule has 1 amide bonds. The van der Waals surface area contributed by atoms with Gasteiger partial charge in [-0.3, -0.25) is 4.79 Å². The first-order chi connectivity index (χ1) is 11.1. The van der Waals surface area contributed by atoms with Gasteiger partial charge >= 0.3 is 0 Å². The topological polar surface area (TPSA) is 59.9 Å². The van der Waals surface area contributed by atoms with E-state index in [1.54, 1.807) is 13.2 Å². The largest absolute Gasteiger partial charge is 0.493 e. The second-order valence-corrected chi connectivity index (χ2v) is 5.59. The number of carbonyl (C=O) groups is 1. The second-order valence-electron chi connectivity index (χ2n) is 4.73. The van der Waals surface area contributed by atoms with Gasteiger partial charge in [0.1, 0.15) is 6.61 Å². The van der Waals surface area contributed by atoms with E-state index < -0.39 is 0 Å². The van der Waals surface area contributed by atoms with E-state index in [0.717, 1.165) is 15.6 Å². The summed E-state index contributed by atoms with van der Waals surface area (Å²) in [5.74, 6) is 0.975. The molecule has 0 unspecified atom stereocenters. The molecule has 0 saturated heterocycles. The highest BCUT2D eigenvalue weighted by Crippen LogP contribution is 2.36. The Morgan fingerprint density at radius 1 is 1.30 bits per heavy atom. The van der Waals surface area contributed by atoms with Crippen LogP contribution in [0.3, 0.4) is 0 Å². The van der Waals surface area contributed by atoms with Crippen LogP contribution in [0.4, 0.5) is 0 Å². The number of hydrazone groups is 1. The molecule has 0 bridgehead atoms. The normalized spacial score (nSPS) is 10.6. The zero-order valence-corrected chi connectivity index (χ0v) is 14.5. The van der Waals surface area contributed by atoms with Crippen LogP contribution in [-0.4, -0.2) is 19.2 Å². The number of nitrogens with zero attached hydrogens (tertiary/aromatic N) is 1. The first kappa shape index (κ1) is 17.0. The Morgan fingerprint density at radius 2 is 2.04 bits per heavy atom. The van der Waals surface area contributed by atoms with Gasteiger partial charge in [0.25, 0.3) is 0 Å². The summed E-state index contributed by atoms with van der Waals surface area (Å²) in [5.41, 5.74) is 4.20. The summed E-state index contributed by atoms with van der Waals surface area (Å²) in [4.78, 5) is 10.8. The standard InChI is InChI=1S/C17H17BrN2O3/c1-12(21)20-19-10-14-8-15(18)17(16(9-14)22-2)23-11-13-6-4-3-5-7-13/h3-10H,11H2,1-2H3,(H,20,21)/b19-10+. The number of hydrogen-bond donors (Lipinski definition) is 1. The molecule has 0 aromatic heterocycles. The van der Waals surface area contributed by atoms with Gasteiger partial charge in [0.15, 0.2) is 11.5 Å². The van der Waals surface area contributed by atoms with E-state index in [0.29, 0.717) is 18.1 Å². The molecule has 0 radical (unpaired) electrons. The van der Waals surface area contributed by atoms with Crippen molar-refractivity contribution in [2.24, 2.45) is 5.10 Å². The van der Waals surface area contributed by atoms with Gasteiger partial charge in [-0.25, -0.2) is 5.43 Å². The summed E-state index contributed by atoms with van der Waals surface area (Å²) in [7, 11) is 1.58. The molecule has 0 heterocycles. The maximum absolute atomic E-state index is 10.8. The van der Waals surface area contributed by atoms with Crippen molar-refractivity contribution >= 4 is 28.1 Å². The van der Waals surface area contributed by atoms with Gasteiger partial charge in [-0.15, -0.1) is 0 Å². The predicted molar refractivity (Wildman–Crippen MR) is 92.9 cm³/mol. The minimum atomic E-state index is -0.227. The number of hydrogen-bond acceptors (Lipinski definition) is 4. The lowest BCUT2D eigenvalue weighted by atomic mass is 10.2. The third-order valence-corrected chi connectivity index (χ3v) is 3.50. The zero-order chi connectivity index (χ0) is 16.7. The third-order valence-electron chi connectivity index (χ3n) is 2.91. The third kappa shape index (κ3) is 5.10. The van der Waals surface area contributed by atoms with Crippen LogP contribution in [0.25, 0.3) is 0 Å². The van der Waals surface area contributed by atoms with Gasteiger partial charge in [-0.2, -0.15) is 5.10 Å². The van der Waals surface area contributed by atoms with Gasteiger partial charge < -0.3 is 9.47 Å². The van der Waals surface area contributed by atoms with Crippen LogP contribution in [0.1, 0.15) is 18.1 Å². The van der Waals surface area contributed by atoms with Crippen molar-refractivity contribution in [1.29, 1.82) is 0 Å². The molecule has 23 heavy (non-hydrogen) atoms. The van der Waals surface area contributed by atoms with Crippen molar-refractivity contribution in [2.75, 3.05) is 7.11 Å². The van der Waals surface area contributed by atoms with Crippen molar-refractivity contribution in [3.63, 3.8) is 0 Å². The number of carbonyl (C=O) groups excluding carboxylic acids is 1. The van der Waals surface area contributed by atoms with Crippen LogP contribution in [0, 0.1) is 0 Å². The Hall–Kier alpha value is -2.34. The van der Waals surface area contributed by atoms with Crippen molar-refractivity contribution in [1.82, 2.24) is 5.43 Å². The first-order valence-corrected chi connectivity index (χ1v) is 7.73. The summed E-state index contributed by atoms with van der Waals surface area (Å²) < 4.78 is 12.0. The number of methoxy groups -OCH3 is 1. The molecular formula is C17H17BrN2O3. The lowest BCUT2D eigenvalue weighted by molar-refractivity contribution is -0.118. The highest BCUT2D eigenvalue weighted by Gasteiger charge is 2.11. The molecule has 1 N–H and O–H groups in total. The fourth-order valence-electron chi connectivity index (χ4n) is 1.88. The van der Waals surface area contributed by atoms with Crippen molar-refractivity contribution in [3.05, 3.63) is 58.1 Å². The molecule has 5 nitrogen and oxygen atoms in total. The number of rotatable bonds is 6. The molecular weight excluding hydrogens is 360 g/mol. The SMILES string of the molecule is COc1cc(/C=N/NC(C)=O)cc(Br)c1OCc1ccccc1. The van der Waals surface area contributed by atoms with E-state index in [2.05, 4.69) is 26.5 Å². The zero-order valence-electron chi connectivity index (χ0n) is 12.9. The highest BCUT2D eigenvalue weighted by molar-refractivity contribution is 9.10. The molecule has 2 rings (SSSR count). The fourth-order valence-corrected chi connectivity index (χ4v) is 2.46. The summed E-state index contributed by atoms with van der Waals surface area (Å²) in [6.45, 7) is 1.84. The molecule has 120 valence electrons. The van der Waals surface area contributed by atoms with E-state index in [9.17, 15) is 4.79 Å². The van der Waals surface area contributed by atoms with Crippen LogP contribution >= 0.6 is 15.9 Å². The molecule has 2 aromatic carbocycles. The Morgan fingerprint density at radius 3 is 2.70 bits per heavy atom. The second kappa shape index (κ2) is 8.33. The Bertz CT molecular complexity index is 702. The van der Waals surface area contributed by atoms with Crippen LogP contribution < -0.4 is 14.9 Å². The summed E-state index contributed by atoms with van der Waals surface area (Å²) in [6.07, 6.45) is 1.54. The van der Waals surface area contributed by atoms with E-state index in [1.165, 1.54) is 13.1 Å². The molecule has 0 aliphatic rings. The quantitative estimate of drug-likeness (QED) is 0.619. The first-order valence-electron chi connectivity index (χ1n) is 6.94. The van der Waals surface area contributed by atoms with Crippen LogP contribution in [-0.2, 0) is 11.4 Å². The van der Waals surface area contributed by atoms with Gasteiger partial charge in [-0.1, -0.05) is 30.3 Å². The van der Waals surface area contributed by atoms with Gasteiger partial charge in [0.05, 0.1) is 17.8 Å². The average molecular weight is 377 g/mol. The number of ether oxygens (including phenoxy) is 2. The fraction of sp³-hybridized carbons (Fsp3) is 0.176. The number of benzene rings is 2. The lowest BCUT2D eigenvalue weighted by Crippen LogP contribution is -2.12. The smallest absolute Gasteiger partial charge is 0.236 e. The van der Waals surface area contributed by atoms with E-state index in [1.807, 2.05) is 36.4 Å². The maximum atomic E-state index is 10.8. The highest BCUT2D eigenvalue weighted by atomic mass is 79.9. The van der Waals surface area contributed by atoms with Gasteiger partial charge in [-0.05, 0) is 39.2 Å². The molecule has 0 atom stereocenters. The van der Waals surface area contributed by atoms with E-state index in [-0.39, 0.29) is 5.91 Å². The minimum Gasteiger partial charge on any atom is -0.493 e. The molecule has 0 spiro atoms. The Kier molecular flexibility index (Phi) is 6.17. The Balaban J connectivity index is 2.16. The van der Waals surface area contributed by atoms with Crippen LogP contribution in [0.5, 0.6) is 11.5 Å². The van der Waals surface area contributed by atoms with Crippen molar-refractivity contribution in [3.8, 4) is 11.5 Å². The lowest BCUT2D eigenvalue weighted by Gasteiger charge is -2.13. The molecule has 2 aromatic rings. The summed E-state index contributed by atoms with van der Waals surface area (Å²) >= 11 is 3.48. The molecule has 6 heteroatoms. The van der Waals surface area contributed by atoms with Crippen molar-refractivity contribution in [2.45, 2.75) is 13.5 Å². The van der Waals surface area contributed by atoms with E-state index >= 15 is 0 Å². The monoisotopic (exact) mass is 376 g/mol.